The van der Waals surface area contributed by atoms with Crippen molar-refractivity contribution in [2.45, 2.75) is 25.3 Å². The van der Waals surface area contributed by atoms with Gasteiger partial charge in [0, 0.05) is 5.92 Å². The molecule has 0 aromatic carbocycles. The van der Waals surface area contributed by atoms with Crippen molar-refractivity contribution in [2.75, 3.05) is 12.4 Å². The Morgan fingerprint density at radius 1 is 1.50 bits per heavy atom. The summed E-state index contributed by atoms with van der Waals surface area (Å²) in [5.74, 6) is 1.46. The van der Waals surface area contributed by atoms with E-state index in [0.29, 0.717) is 34.5 Å². The highest BCUT2D eigenvalue weighted by atomic mass is 79.9. The second kappa shape index (κ2) is 6.26. The number of esters is 1. The maximum Gasteiger partial charge on any atom is 0.358 e. The first-order valence-corrected chi connectivity index (χ1v) is 7.89. The molecule has 2 aromatic rings. The van der Waals surface area contributed by atoms with Crippen LogP contribution in [0.2, 0.25) is 5.02 Å². The Labute approximate surface area is 140 Å². The van der Waals surface area contributed by atoms with Crippen LogP contribution >= 0.6 is 27.5 Å². The predicted molar refractivity (Wildman–Crippen MR) is 84.1 cm³/mol. The Morgan fingerprint density at radius 3 is 2.86 bits per heavy atom. The Hall–Kier alpha value is -1.60. The van der Waals surface area contributed by atoms with E-state index in [1.165, 1.54) is 7.11 Å². The van der Waals surface area contributed by atoms with Gasteiger partial charge in [-0.25, -0.2) is 14.8 Å². The van der Waals surface area contributed by atoms with E-state index in [0.717, 1.165) is 12.8 Å². The first kappa shape index (κ1) is 15.3. The number of nitrogens with one attached hydrogen (secondary N) is 1. The number of hydrogen-bond acceptors (Lipinski definition) is 6. The molecule has 6 nitrogen and oxygen atoms in total. The number of rotatable bonds is 5. The molecule has 8 heteroatoms. The molecule has 0 atom stereocenters. The number of nitrogens with zero attached hydrogens (tertiary/aromatic N) is 2. The van der Waals surface area contributed by atoms with E-state index in [2.05, 4.69) is 31.2 Å². The molecule has 2 aromatic heterocycles. The minimum absolute atomic E-state index is 0.0872. The van der Waals surface area contributed by atoms with Crippen LogP contribution in [-0.4, -0.2) is 23.0 Å². The van der Waals surface area contributed by atoms with Crippen LogP contribution in [0.3, 0.4) is 0 Å². The number of carbonyl (C=O) groups is 1. The third-order valence-electron chi connectivity index (χ3n) is 3.25. The van der Waals surface area contributed by atoms with Crippen LogP contribution < -0.4 is 5.32 Å². The zero-order valence-electron chi connectivity index (χ0n) is 11.7. The highest BCUT2D eigenvalue weighted by Crippen LogP contribution is 2.39. The Balaban J connectivity index is 1.87. The van der Waals surface area contributed by atoms with E-state index >= 15 is 0 Å². The lowest BCUT2D eigenvalue weighted by molar-refractivity contribution is 0.0593. The lowest BCUT2D eigenvalue weighted by Crippen LogP contribution is -2.12. The molecule has 0 radical (unpaired) electrons. The van der Waals surface area contributed by atoms with Gasteiger partial charge in [0.05, 0.1) is 13.7 Å². The smallest absolute Gasteiger partial charge is 0.358 e. The first-order valence-electron chi connectivity index (χ1n) is 6.72. The quantitative estimate of drug-likeness (QED) is 0.788. The van der Waals surface area contributed by atoms with Crippen molar-refractivity contribution in [3.05, 3.63) is 39.1 Å². The van der Waals surface area contributed by atoms with Crippen LogP contribution in [0.25, 0.3) is 0 Å². The standard InChI is InChI=1S/C14H13BrClN3O3/c1-21-14(20)11-10(16)13(19-12(18-11)7-2-3-7)17-6-8-4-5-9(15)22-8/h4-5,7H,2-3,6H2,1H3,(H,17,18,19). The van der Waals surface area contributed by atoms with Gasteiger partial charge in [-0.2, -0.15) is 0 Å². The van der Waals surface area contributed by atoms with E-state index in [1.54, 1.807) is 6.07 Å². The summed E-state index contributed by atoms with van der Waals surface area (Å²) in [7, 11) is 1.30. The number of ether oxygens (including phenoxy) is 1. The molecule has 116 valence electrons. The molecule has 3 rings (SSSR count). The number of methoxy groups -OCH3 is 1. The summed E-state index contributed by atoms with van der Waals surface area (Å²) in [6.45, 7) is 0.396. The van der Waals surface area contributed by atoms with Crippen molar-refractivity contribution in [1.29, 1.82) is 0 Å². The van der Waals surface area contributed by atoms with Crippen LogP contribution in [0.15, 0.2) is 21.2 Å². The van der Waals surface area contributed by atoms with Crippen molar-refractivity contribution in [1.82, 2.24) is 9.97 Å². The van der Waals surface area contributed by atoms with Gasteiger partial charge in [-0.3, -0.25) is 0 Å². The molecule has 0 spiro atoms. The summed E-state index contributed by atoms with van der Waals surface area (Å²) in [5, 5.41) is 3.23. The van der Waals surface area contributed by atoms with Gasteiger partial charge >= 0.3 is 5.97 Å². The number of aromatic nitrogens is 2. The molecule has 1 aliphatic carbocycles. The van der Waals surface area contributed by atoms with E-state index in [1.807, 2.05) is 6.07 Å². The molecule has 0 saturated heterocycles. The van der Waals surface area contributed by atoms with Crippen LogP contribution in [0, 0.1) is 0 Å². The molecule has 1 fully saturated rings. The lowest BCUT2D eigenvalue weighted by atomic mass is 10.3. The maximum absolute atomic E-state index is 11.8. The van der Waals surface area contributed by atoms with E-state index < -0.39 is 5.97 Å². The van der Waals surface area contributed by atoms with E-state index in [4.69, 9.17) is 20.8 Å². The number of carbonyl (C=O) groups excluding carboxylic acids is 1. The zero-order chi connectivity index (χ0) is 15.7. The highest BCUT2D eigenvalue weighted by Gasteiger charge is 2.30. The fraction of sp³-hybridized carbons (Fsp3) is 0.357. The monoisotopic (exact) mass is 385 g/mol. The molecule has 22 heavy (non-hydrogen) atoms. The minimum Gasteiger partial charge on any atom is -0.464 e. The van der Waals surface area contributed by atoms with Crippen molar-refractivity contribution < 1.29 is 13.9 Å². The summed E-state index contributed by atoms with van der Waals surface area (Å²) in [6, 6.07) is 3.63. The molecule has 1 N–H and O–H groups in total. The van der Waals surface area contributed by atoms with Crippen LogP contribution in [0.4, 0.5) is 5.82 Å². The predicted octanol–water partition coefficient (Wildman–Crippen LogP) is 3.76. The molecular formula is C14H13BrClN3O3. The molecule has 1 saturated carbocycles. The third-order valence-corrected chi connectivity index (χ3v) is 4.03. The average molecular weight is 387 g/mol. The number of hydrogen-bond donors (Lipinski definition) is 1. The van der Waals surface area contributed by atoms with Crippen LogP contribution in [0.1, 0.15) is 40.8 Å². The minimum atomic E-state index is -0.571. The molecule has 0 amide bonds. The number of halogens is 2. The topological polar surface area (TPSA) is 77.2 Å². The summed E-state index contributed by atoms with van der Waals surface area (Å²) < 4.78 is 10.8. The van der Waals surface area contributed by atoms with E-state index in [-0.39, 0.29) is 10.7 Å². The zero-order valence-corrected chi connectivity index (χ0v) is 14.1. The summed E-state index contributed by atoms with van der Waals surface area (Å²) in [5.41, 5.74) is 0.0872. The summed E-state index contributed by atoms with van der Waals surface area (Å²) in [4.78, 5) is 20.5. The summed E-state index contributed by atoms with van der Waals surface area (Å²) in [6.07, 6.45) is 2.04. The molecule has 0 unspecified atom stereocenters. The third kappa shape index (κ3) is 3.25. The van der Waals surface area contributed by atoms with Crippen molar-refractivity contribution in [3.63, 3.8) is 0 Å². The van der Waals surface area contributed by atoms with Gasteiger partial charge in [0.15, 0.2) is 10.4 Å². The summed E-state index contributed by atoms with van der Waals surface area (Å²) >= 11 is 9.47. The van der Waals surface area contributed by atoms with Crippen LogP contribution in [0.5, 0.6) is 0 Å². The lowest BCUT2D eigenvalue weighted by Gasteiger charge is -2.11. The fourth-order valence-corrected chi connectivity index (χ4v) is 2.52. The van der Waals surface area contributed by atoms with Gasteiger partial charge in [0.1, 0.15) is 22.4 Å². The Morgan fingerprint density at radius 2 is 2.27 bits per heavy atom. The first-order chi connectivity index (χ1) is 10.6. The van der Waals surface area contributed by atoms with Gasteiger partial charge in [-0.15, -0.1) is 0 Å². The van der Waals surface area contributed by atoms with Crippen molar-refractivity contribution in [2.24, 2.45) is 0 Å². The van der Waals surface area contributed by atoms with Gasteiger partial charge < -0.3 is 14.5 Å². The average Bonchev–Trinajstić information content (AvgIpc) is 3.28. The Kier molecular flexibility index (Phi) is 4.35. The van der Waals surface area contributed by atoms with Gasteiger partial charge in [-0.05, 0) is 40.9 Å². The fourth-order valence-electron chi connectivity index (χ4n) is 1.96. The number of anilines is 1. The van der Waals surface area contributed by atoms with Gasteiger partial charge in [0.25, 0.3) is 0 Å². The van der Waals surface area contributed by atoms with Gasteiger partial charge in [0.2, 0.25) is 0 Å². The highest BCUT2D eigenvalue weighted by molar-refractivity contribution is 9.10. The van der Waals surface area contributed by atoms with Gasteiger partial charge in [-0.1, -0.05) is 11.6 Å². The molecular weight excluding hydrogens is 374 g/mol. The molecule has 0 aliphatic heterocycles. The number of furan rings is 1. The van der Waals surface area contributed by atoms with Crippen molar-refractivity contribution >= 4 is 39.3 Å². The van der Waals surface area contributed by atoms with Crippen molar-refractivity contribution in [3.8, 4) is 0 Å². The maximum atomic E-state index is 11.8. The molecule has 1 aliphatic rings. The Bertz CT molecular complexity index is 715. The second-order valence-corrected chi connectivity index (χ2v) is 6.08. The largest absolute Gasteiger partial charge is 0.464 e. The normalized spacial score (nSPS) is 14.0. The molecule has 0 bridgehead atoms. The molecule has 2 heterocycles. The second-order valence-electron chi connectivity index (χ2n) is 4.92. The SMILES string of the molecule is COC(=O)c1nc(C2CC2)nc(NCc2ccc(Br)o2)c1Cl. The van der Waals surface area contributed by atoms with Crippen LogP contribution in [-0.2, 0) is 11.3 Å². The van der Waals surface area contributed by atoms with E-state index in [9.17, 15) is 4.79 Å².